The molecule has 2 unspecified atom stereocenters. The molecule has 1 fully saturated rings. The van der Waals surface area contributed by atoms with Crippen LogP contribution in [0.2, 0.25) is 0 Å². The third-order valence-corrected chi connectivity index (χ3v) is 3.18. The molecule has 80 valence electrons. The summed E-state index contributed by atoms with van der Waals surface area (Å²) in [6.07, 6.45) is 4.70. The van der Waals surface area contributed by atoms with E-state index in [4.69, 9.17) is 10.5 Å². The lowest BCUT2D eigenvalue weighted by molar-refractivity contribution is 0.152. The smallest absolute Gasteiger partial charge is 0.0957 e. The standard InChI is InChI=1S/C13H18N2/c1-10-6-12(8-13(2,3)7-10)11(9-15)4-5-14/h4,10,12H,6-8H2,1-3H3. The van der Waals surface area contributed by atoms with Crippen molar-refractivity contribution in [2.45, 2.75) is 40.0 Å². The van der Waals surface area contributed by atoms with Crippen molar-refractivity contribution in [2.24, 2.45) is 17.3 Å². The Morgan fingerprint density at radius 1 is 1.33 bits per heavy atom. The van der Waals surface area contributed by atoms with Gasteiger partial charge in [-0.15, -0.1) is 0 Å². The fraction of sp³-hybridized carbons (Fsp3) is 0.692. The summed E-state index contributed by atoms with van der Waals surface area (Å²) in [6, 6.07) is 4.14. The van der Waals surface area contributed by atoms with Crippen LogP contribution >= 0.6 is 0 Å². The van der Waals surface area contributed by atoms with Crippen molar-refractivity contribution in [3.8, 4) is 12.1 Å². The highest BCUT2D eigenvalue weighted by molar-refractivity contribution is 5.29. The molecule has 0 aromatic heterocycles. The second-order valence-corrected chi connectivity index (χ2v) is 5.45. The molecule has 0 spiro atoms. The molecule has 2 atom stereocenters. The first-order valence-electron chi connectivity index (χ1n) is 5.48. The Morgan fingerprint density at radius 2 is 2.00 bits per heavy atom. The van der Waals surface area contributed by atoms with Gasteiger partial charge >= 0.3 is 0 Å². The van der Waals surface area contributed by atoms with Gasteiger partial charge in [0.2, 0.25) is 0 Å². The Labute approximate surface area is 92.2 Å². The minimum Gasteiger partial charge on any atom is -0.193 e. The van der Waals surface area contributed by atoms with Gasteiger partial charge < -0.3 is 0 Å². The first kappa shape index (κ1) is 11.8. The Morgan fingerprint density at radius 3 is 2.47 bits per heavy atom. The second kappa shape index (κ2) is 4.49. The summed E-state index contributed by atoms with van der Waals surface area (Å²) < 4.78 is 0. The SMILES string of the molecule is CC1CC(C(C#N)=CC#N)CC(C)(C)C1. The summed E-state index contributed by atoms with van der Waals surface area (Å²) in [5.41, 5.74) is 0.963. The molecule has 1 aliphatic rings. The molecule has 0 heterocycles. The molecule has 0 radical (unpaired) electrons. The van der Waals surface area contributed by atoms with E-state index in [1.807, 2.05) is 6.07 Å². The van der Waals surface area contributed by atoms with Crippen LogP contribution in [0.15, 0.2) is 11.6 Å². The van der Waals surface area contributed by atoms with E-state index in [9.17, 15) is 0 Å². The van der Waals surface area contributed by atoms with Gasteiger partial charge in [-0.2, -0.15) is 10.5 Å². The minimum absolute atomic E-state index is 0.286. The summed E-state index contributed by atoms with van der Waals surface area (Å²) in [5, 5.41) is 17.6. The molecule has 1 aliphatic carbocycles. The van der Waals surface area contributed by atoms with Crippen molar-refractivity contribution < 1.29 is 0 Å². The van der Waals surface area contributed by atoms with Crippen LogP contribution in [0.25, 0.3) is 0 Å². The van der Waals surface area contributed by atoms with E-state index in [2.05, 4.69) is 26.8 Å². The molecular weight excluding hydrogens is 184 g/mol. The van der Waals surface area contributed by atoms with Gasteiger partial charge in [0.05, 0.1) is 12.1 Å². The van der Waals surface area contributed by atoms with Crippen molar-refractivity contribution in [2.75, 3.05) is 0 Å². The number of hydrogen-bond donors (Lipinski definition) is 0. The normalized spacial score (nSPS) is 30.3. The van der Waals surface area contributed by atoms with Crippen LogP contribution in [-0.4, -0.2) is 0 Å². The number of allylic oxidation sites excluding steroid dienone is 2. The molecular formula is C13H18N2. The van der Waals surface area contributed by atoms with Crippen LogP contribution in [-0.2, 0) is 0 Å². The van der Waals surface area contributed by atoms with Crippen LogP contribution in [0.3, 0.4) is 0 Å². The fourth-order valence-corrected chi connectivity index (χ4v) is 2.89. The summed E-state index contributed by atoms with van der Waals surface area (Å²) >= 11 is 0. The Bertz CT molecular complexity index is 339. The van der Waals surface area contributed by atoms with Gasteiger partial charge in [0.15, 0.2) is 0 Å². The highest BCUT2D eigenvalue weighted by Crippen LogP contribution is 2.43. The van der Waals surface area contributed by atoms with Crippen LogP contribution in [0, 0.1) is 39.9 Å². The zero-order valence-electron chi connectivity index (χ0n) is 9.75. The van der Waals surface area contributed by atoms with Gasteiger partial charge in [-0.3, -0.25) is 0 Å². The van der Waals surface area contributed by atoms with Crippen molar-refractivity contribution in [1.82, 2.24) is 0 Å². The fourth-order valence-electron chi connectivity index (χ4n) is 2.89. The zero-order valence-corrected chi connectivity index (χ0v) is 9.75. The highest BCUT2D eigenvalue weighted by atomic mass is 14.4. The lowest BCUT2D eigenvalue weighted by Crippen LogP contribution is -2.28. The summed E-state index contributed by atoms with van der Waals surface area (Å²) in [6.45, 7) is 6.73. The molecule has 1 rings (SSSR count). The van der Waals surface area contributed by atoms with Gasteiger partial charge in [-0.1, -0.05) is 20.8 Å². The Kier molecular flexibility index (Phi) is 3.53. The third-order valence-electron chi connectivity index (χ3n) is 3.18. The highest BCUT2D eigenvalue weighted by Gasteiger charge is 2.33. The van der Waals surface area contributed by atoms with E-state index in [-0.39, 0.29) is 5.92 Å². The van der Waals surface area contributed by atoms with E-state index in [0.717, 1.165) is 12.8 Å². The van der Waals surface area contributed by atoms with Gasteiger partial charge in [-0.05, 0) is 36.5 Å². The average molecular weight is 202 g/mol. The van der Waals surface area contributed by atoms with Crippen LogP contribution < -0.4 is 0 Å². The molecule has 0 aromatic rings. The number of rotatable bonds is 1. The molecule has 0 aromatic carbocycles. The first-order valence-corrected chi connectivity index (χ1v) is 5.48. The van der Waals surface area contributed by atoms with Gasteiger partial charge in [0.1, 0.15) is 0 Å². The van der Waals surface area contributed by atoms with Gasteiger partial charge in [0, 0.05) is 11.6 Å². The number of nitriles is 2. The zero-order chi connectivity index (χ0) is 11.5. The van der Waals surface area contributed by atoms with E-state index >= 15 is 0 Å². The molecule has 15 heavy (non-hydrogen) atoms. The van der Waals surface area contributed by atoms with Crippen LogP contribution in [0.1, 0.15) is 40.0 Å². The molecule has 1 saturated carbocycles. The van der Waals surface area contributed by atoms with Crippen LogP contribution in [0.4, 0.5) is 0 Å². The lowest BCUT2D eigenvalue weighted by atomic mass is 9.66. The molecule has 0 aliphatic heterocycles. The van der Waals surface area contributed by atoms with Crippen molar-refractivity contribution >= 4 is 0 Å². The summed E-state index contributed by atoms with van der Waals surface area (Å²) in [4.78, 5) is 0. The maximum absolute atomic E-state index is 9.00. The van der Waals surface area contributed by atoms with Crippen molar-refractivity contribution in [3.63, 3.8) is 0 Å². The second-order valence-electron chi connectivity index (χ2n) is 5.45. The van der Waals surface area contributed by atoms with E-state index in [1.165, 1.54) is 12.5 Å². The van der Waals surface area contributed by atoms with Crippen molar-refractivity contribution in [1.29, 1.82) is 10.5 Å². The number of hydrogen-bond acceptors (Lipinski definition) is 2. The van der Waals surface area contributed by atoms with E-state index in [1.54, 1.807) is 0 Å². The van der Waals surface area contributed by atoms with Gasteiger partial charge in [-0.25, -0.2) is 0 Å². The molecule has 2 heteroatoms. The molecule has 0 N–H and O–H groups in total. The van der Waals surface area contributed by atoms with Crippen molar-refractivity contribution in [3.05, 3.63) is 11.6 Å². The maximum Gasteiger partial charge on any atom is 0.0957 e. The summed E-state index contributed by atoms with van der Waals surface area (Å²) in [7, 11) is 0. The quantitative estimate of drug-likeness (QED) is 0.612. The maximum atomic E-state index is 9.00. The lowest BCUT2D eigenvalue weighted by Gasteiger charge is -2.38. The largest absolute Gasteiger partial charge is 0.193 e. The number of nitrogens with zero attached hydrogens (tertiary/aromatic N) is 2. The van der Waals surface area contributed by atoms with Gasteiger partial charge in [0.25, 0.3) is 0 Å². The third kappa shape index (κ3) is 3.10. The Hall–Kier alpha value is -1.28. The average Bonchev–Trinajstić information content (AvgIpc) is 2.10. The van der Waals surface area contributed by atoms with E-state index < -0.39 is 0 Å². The summed E-state index contributed by atoms with van der Waals surface area (Å²) in [5.74, 6) is 0.933. The molecule has 0 bridgehead atoms. The van der Waals surface area contributed by atoms with E-state index in [0.29, 0.717) is 16.9 Å². The monoisotopic (exact) mass is 202 g/mol. The van der Waals surface area contributed by atoms with Crippen LogP contribution in [0.5, 0.6) is 0 Å². The predicted octanol–water partition coefficient (Wildman–Crippen LogP) is 3.42. The minimum atomic E-state index is 0.286. The predicted molar refractivity (Wildman–Crippen MR) is 59.6 cm³/mol. The first-order chi connectivity index (χ1) is 6.98. The topological polar surface area (TPSA) is 47.6 Å². The molecule has 2 nitrogen and oxygen atoms in total. The molecule has 0 saturated heterocycles. The Balaban J connectivity index is 2.84. The molecule has 0 amide bonds.